The van der Waals surface area contributed by atoms with Crippen LogP contribution in [0.3, 0.4) is 0 Å². The smallest absolute Gasteiger partial charge is 0.204 e. The molecule has 1 N–H and O–H groups in total. The van der Waals surface area contributed by atoms with Gasteiger partial charge in [-0.05, 0) is 30.3 Å². The number of imidazole rings is 1. The lowest BCUT2D eigenvalue weighted by Gasteiger charge is -2.13. The van der Waals surface area contributed by atoms with Crippen molar-refractivity contribution in [2.75, 3.05) is 11.9 Å². The monoisotopic (exact) mass is 331 g/mol. The van der Waals surface area contributed by atoms with Crippen LogP contribution in [0.1, 0.15) is 16.4 Å². The maximum absolute atomic E-state index is 12.9. The Labute approximate surface area is 136 Å². The van der Waals surface area contributed by atoms with Gasteiger partial charge in [0.25, 0.3) is 0 Å². The second-order valence-corrected chi connectivity index (χ2v) is 6.02. The van der Waals surface area contributed by atoms with Crippen LogP contribution in [0.5, 0.6) is 0 Å². The number of halogens is 2. The van der Waals surface area contributed by atoms with Crippen LogP contribution in [-0.2, 0) is 0 Å². The van der Waals surface area contributed by atoms with Crippen molar-refractivity contribution in [1.29, 1.82) is 0 Å². The summed E-state index contributed by atoms with van der Waals surface area (Å²) in [6.45, 7) is 0.505. The summed E-state index contributed by atoms with van der Waals surface area (Å²) >= 11 is 12.1. The van der Waals surface area contributed by atoms with E-state index in [0.717, 1.165) is 11.0 Å². The van der Waals surface area contributed by atoms with Crippen LogP contribution in [0.2, 0.25) is 10.0 Å². The number of carbonyl (C=O) groups excluding carboxylic acids is 1. The Balaban J connectivity index is 1.81. The number of hydrogen-bond donors (Lipinski definition) is 1. The van der Waals surface area contributed by atoms with Crippen molar-refractivity contribution in [3.63, 3.8) is 0 Å². The quantitative estimate of drug-likeness (QED) is 0.716. The van der Waals surface area contributed by atoms with Gasteiger partial charge in [-0.25, -0.2) is 4.98 Å². The molecule has 0 spiro atoms. The van der Waals surface area contributed by atoms with Gasteiger partial charge < -0.3 is 5.32 Å². The molecule has 3 aromatic rings. The minimum absolute atomic E-state index is 0.0453. The molecule has 0 fully saturated rings. The molecule has 4 rings (SSSR count). The van der Waals surface area contributed by atoms with Crippen molar-refractivity contribution in [2.45, 2.75) is 6.04 Å². The van der Waals surface area contributed by atoms with Gasteiger partial charge in [0.05, 0.1) is 16.1 Å². The highest BCUT2D eigenvalue weighted by Crippen LogP contribution is 2.33. The van der Waals surface area contributed by atoms with E-state index < -0.39 is 0 Å². The molecule has 110 valence electrons. The first-order valence-electron chi connectivity index (χ1n) is 6.85. The second-order valence-electron chi connectivity index (χ2n) is 5.18. The van der Waals surface area contributed by atoms with Crippen molar-refractivity contribution < 1.29 is 4.79 Å². The van der Waals surface area contributed by atoms with Gasteiger partial charge in [0, 0.05) is 17.1 Å². The third-order valence-corrected chi connectivity index (χ3v) is 4.41. The van der Waals surface area contributed by atoms with Crippen LogP contribution < -0.4 is 5.32 Å². The molecule has 6 heteroatoms. The Kier molecular flexibility index (Phi) is 3.10. The molecule has 1 atom stereocenters. The van der Waals surface area contributed by atoms with Crippen LogP contribution in [0.25, 0.3) is 11.0 Å². The SMILES string of the molecule is O=C(c1ccc(Cl)cc1Cl)C1CNc2nc3ccccc3n21. The summed E-state index contributed by atoms with van der Waals surface area (Å²) in [7, 11) is 0. The fourth-order valence-electron chi connectivity index (χ4n) is 2.84. The minimum atomic E-state index is -0.360. The molecule has 2 heterocycles. The second kappa shape index (κ2) is 5.00. The summed E-state index contributed by atoms with van der Waals surface area (Å²) in [6.07, 6.45) is 0. The highest BCUT2D eigenvalue weighted by molar-refractivity contribution is 6.37. The number of carbonyl (C=O) groups is 1. The molecule has 4 nitrogen and oxygen atoms in total. The highest BCUT2D eigenvalue weighted by atomic mass is 35.5. The largest absolute Gasteiger partial charge is 0.353 e. The summed E-state index contributed by atoms with van der Waals surface area (Å²) < 4.78 is 1.93. The standard InChI is InChI=1S/C16H11Cl2N3O/c17-9-5-6-10(11(18)7-9)15(22)14-8-19-16-20-12-3-1-2-4-13(12)21(14)16/h1-7,14H,8H2,(H,19,20). The number of Topliss-reactive ketones (excluding diaryl/α,β-unsaturated/α-hetero) is 1. The van der Waals surface area contributed by atoms with E-state index >= 15 is 0 Å². The number of nitrogens with one attached hydrogen (secondary N) is 1. The third-order valence-electron chi connectivity index (χ3n) is 3.86. The first-order chi connectivity index (χ1) is 10.6. The number of ketones is 1. The predicted octanol–water partition coefficient (Wildman–Crippen LogP) is 4.19. The Morgan fingerprint density at radius 3 is 2.86 bits per heavy atom. The van der Waals surface area contributed by atoms with Crippen molar-refractivity contribution >= 4 is 46.0 Å². The molecular formula is C16H11Cl2N3O. The van der Waals surface area contributed by atoms with E-state index in [1.807, 2.05) is 28.8 Å². The van der Waals surface area contributed by atoms with E-state index in [1.54, 1.807) is 18.2 Å². The molecule has 22 heavy (non-hydrogen) atoms. The topological polar surface area (TPSA) is 46.9 Å². The molecule has 1 aromatic heterocycles. The maximum Gasteiger partial charge on any atom is 0.204 e. The van der Waals surface area contributed by atoms with Gasteiger partial charge in [-0.1, -0.05) is 35.3 Å². The van der Waals surface area contributed by atoms with E-state index in [-0.39, 0.29) is 11.8 Å². The van der Waals surface area contributed by atoms with Gasteiger partial charge in [-0.2, -0.15) is 0 Å². The average molecular weight is 332 g/mol. The Morgan fingerprint density at radius 2 is 2.05 bits per heavy atom. The van der Waals surface area contributed by atoms with E-state index in [2.05, 4.69) is 10.3 Å². The van der Waals surface area contributed by atoms with Crippen LogP contribution in [0.15, 0.2) is 42.5 Å². The number of hydrogen-bond acceptors (Lipinski definition) is 3. The molecule has 0 radical (unpaired) electrons. The average Bonchev–Trinajstić information content (AvgIpc) is 3.05. The molecule has 1 aliphatic rings. The van der Waals surface area contributed by atoms with E-state index in [1.165, 1.54) is 0 Å². The summed E-state index contributed by atoms with van der Waals surface area (Å²) in [6, 6.07) is 12.3. The lowest BCUT2D eigenvalue weighted by molar-refractivity contribution is 0.0940. The molecular weight excluding hydrogens is 321 g/mol. The molecule has 0 aliphatic carbocycles. The predicted molar refractivity (Wildman–Crippen MR) is 88.1 cm³/mol. The molecule has 0 saturated carbocycles. The van der Waals surface area contributed by atoms with Gasteiger partial charge in [0.1, 0.15) is 6.04 Å². The zero-order valence-electron chi connectivity index (χ0n) is 11.4. The number of nitrogens with zero attached hydrogens (tertiary/aromatic N) is 2. The van der Waals surface area contributed by atoms with Crippen molar-refractivity contribution in [3.05, 3.63) is 58.1 Å². The lowest BCUT2D eigenvalue weighted by atomic mass is 10.0. The van der Waals surface area contributed by atoms with Crippen molar-refractivity contribution in [1.82, 2.24) is 9.55 Å². The van der Waals surface area contributed by atoms with Crippen LogP contribution in [0.4, 0.5) is 5.95 Å². The minimum Gasteiger partial charge on any atom is -0.353 e. The van der Waals surface area contributed by atoms with Gasteiger partial charge in [0.15, 0.2) is 5.78 Å². The van der Waals surface area contributed by atoms with Crippen molar-refractivity contribution in [2.24, 2.45) is 0 Å². The number of aromatic nitrogens is 2. The van der Waals surface area contributed by atoms with Gasteiger partial charge in [0.2, 0.25) is 5.95 Å². The van der Waals surface area contributed by atoms with E-state index in [4.69, 9.17) is 23.2 Å². The van der Waals surface area contributed by atoms with Crippen LogP contribution in [-0.4, -0.2) is 21.9 Å². The maximum atomic E-state index is 12.9. The Morgan fingerprint density at radius 1 is 1.23 bits per heavy atom. The van der Waals surface area contributed by atoms with E-state index in [0.29, 0.717) is 28.1 Å². The third kappa shape index (κ3) is 1.99. The number of benzene rings is 2. The van der Waals surface area contributed by atoms with Gasteiger partial charge in [-0.3, -0.25) is 9.36 Å². The number of para-hydroxylation sites is 2. The fourth-order valence-corrected chi connectivity index (χ4v) is 3.34. The van der Waals surface area contributed by atoms with Crippen molar-refractivity contribution in [3.8, 4) is 0 Å². The molecule has 1 unspecified atom stereocenters. The molecule has 2 aromatic carbocycles. The Hall–Kier alpha value is -2.04. The number of rotatable bonds is 2. The van der Waals surface area contributed by atoms with E-state index in [9.17, 15) is 4.79 Å². The summed E-state index contributed by atoms with van der Waals surface area (Å²) in [5.41, 5.74) is 2.28. The Bertz CT molecular complexity index is 904. The summed E-state index contributed by atoms with van der Waals surface area (Å²) in [5, 5.41) is 4.07. The van der Waals surface area contributed by atoms with Gasteiger partial charge >= 0.3 is 0 Å². The normalized spacial score (nSPS) is 16.5. The lowest BCUT2D eigenvalue weighted by Crippen LogP contribution is -2.20. The zero-order valence-corrected chi connectivity index (χ0v) is 12.9. The molecule has 0 bridgehead atoms. The fraction of sp³-hybridized carbons (Fsp3) is 0.125. The molecule has 1 aliphatic heterocycles. The zero-order chi connectivity index (χ0) is 15.3. The summed E-state index contributed by atoms with van der Waals surface area (Å²) in [5.74, 6) is 0.667. The first kappa shape index (κ1) is 13.6. The van der Waals surface area contributed by atoms with Crippen LogP contribution >= 0.6 is 23.2 Å². The van der Waals surface area contributed by atoms with Gasteiger partial charge in [-0.15, -0.1) is 0 Å². The molecule has 0 amide bonds. The summed E-state index contributed by atoms with van der Waals surface area (Å²) in [4.78, 5) is 17.4. The highest BCUT2D eigenvalue weighted by Gasteiger charge is 2.32. The first-order valence-corrected chi connectivity index (χ1v) is 7.61. The number of anilines is 1. The van der Waals surface area contributed by atoms with Crippen LogP contribution in [0, 0.1) is 0 Å². The molecule has 0 saturated heterocycles. The number of fused-ring (bicyclic) bond motifs is 3.